The van der Waals surface area contributed by atoms with Crippen LogP contribution in [0.15, 0.2) is 12.1 Å². The molecule has 1 heterocycles. The van der Waals surface area contributed by atoms with E-state index in [9.17, 15) is 0 Å². The molecule has 1 aromatic rings. The van der Waals surface area contributed by atoms with E-state index in [0.29, 0.717) is 5.41 Å². The van der Waals surface area contributed by atoms with Gasteiger partial charge in [-0.1, -0.05) is 26.8 Å². The average molecular weight is 177 g/mol. The summed E-state index contributed by atoms with van der Waals surface area (Å²) >= 11 is 0. The number of nitrogens with zero attached hydrogens (tertiary/aromatic N) is 1. The van der Waals surface area contributed by atoms with Crippen LogP contribution in [-0.2, 0) is 6.42 Å². The molecule has 1 nitrogen and oxygen atoms in total. The highest BCUT2D eigenvalue weighted by atomic mass is 14.7. The SMILES string of the molecule is Cc1ccc(CC(C)(C)C)nc1C. The molecule has 0 fully saturated rings. The van der Waals surface area contributed by atoms with Gasteiger partial charge in [0.1, 0.15) is 0 Å². The van der Waals surface area contributed by atoms with Crippen LogP contribution in [0.2, 0.25) is 0 Å². The quantitative estimate of drug-likeness (QED) is 0.641. The molecular weight excluding hydrogens is 158 g/mol. The van der Waals surface area contributed by atoms with Crippen molar-refractivity contribution in [3.63, 3.8) is 0 Å². The van der Waals surface area contributed by atoms with Crippen molar-refractivity contribution in [2.45, 2.75) is 41.0 Å². The van der Waals surface area contributed by atoms with E-state index in [1.54, 1.807) is 0 Å². The number of hydrogen-bond acceptors (Lipinski definition) is 1. The van der Waals surface area contributed by atoms with Crippen LogP contribution >= 0.6 is 0 Å². The largest absolute Gasteiger partial charge is 0.258 e. The summed E-state index contributed by atoms with van der Waals surface area (Å²) in [5.41, 5.74) is 3.96. The van der Waals surface area contributed by atoms with E-state index in [-0.39, 0.29) is 0 Å². The van der Waals surface area contributed by atoms with Gasteiger partial charge in [-0.05, 0) is 37.3 Å². The smallest absolute Gasteiger partial charge is 0.0412 e. The van der Waals surface area contributed by atoms with Crippen molar-refractivity contribution in [3.05, 3.63) is 29.1 Å². The molecule has 0 radical (unpaired) electrons. The molecule has 0 atom stereocenters. The molecule has 0 N–H and O–H groups in total. The first kappa shape index (κ1) is 10.2. The lowest BCUT2D eigenvalue weighted by Crippen LogP contribution is -2.10. The minimum atomic E-state index is 0.328. The second-order valence-electron chi connectivity index (χ2n) is 4.94. The first-order chi connectivity index (χ1) is 5.88. The highest BCUT2D eigenvalue weighted by Crippen LogP contribution is 2.19. The first-order valence-corrected chi connectivity index (χ1v) is 4.82. The van der Waals surface area contributed by atoms with Crippen LogP contribution in [0, 0.1) is 19.3 Å². The van der Waals surface area contributed by atoms with Crippen LogP contribution < -0.4 is 0 Å². The average Bonchev–Trinajstić information content (AvgIpc) is 1.94. The zero-order chi connectivity index (χ0) is 10.1. The van der Waals surface area contributed by atoms with Crippen molar-refractivity contribution >= 4 is 0 Å². The third-order valence-corrected chi connectivity index (χ3v) is 2.12. The maximum Gasteiger partial charge on any atom is 0.0412 e. The molecule has 0 saturated carbocycles. The molecule has 0 saturated heterocycles. The Labute approximate surface area is 81.2 Å². The Morgan fingerprint density at radius 1 is 1.15 bits per heavy atom. The highest BCUT2D eigenvalue weighted by molar-refractivity contribution is 5.20. The number of pyridine rings is 1. The van der Waals surface area contributed by atoms with Gasteiger partial charge in [0.05, 0.1) is 0 Å². The molecule has 0 amide bonds. The molecule has 0 aromatic carbocycles. The van der Waals surface area contributed by atoms with E-state index in [4.69, 9.17) is 0 Å². The zero-order valence-corrected chi connectivity index (χ0v) is 9.31. The molecule has 1 heteroatoms. The van der Waals surface area contributed by atoms with E-state index in [1.807, 2.05) is 0 Å². The van der Waals surface area contributed by atoms with Gasteiger partial charge < -0.3 is 0 Å². The van der Waals surface area contributed by atoms with Crippen LogP contribution in [0.25, 0.3) is 0 Å². The molecule has 0 aliphatic heterocycles. The number of aryl methyl sites for hydroxylation is 2. The fourth-order valence-corrected chi connectivity index (χ4v) is 1.32. The summed E-state index contributed by atoms with van der Waals surface area (Å²) < 4.78 is 0. The van der Waals surface area contributed by atoms with Crippen molar-refractivity contribution in [2.75, 3.05) is 0 Å². The van der Waals surface area contributed by atoms with Gasteiger partial charge in [-0.2, -0.15) is 0 Å². The molecule has 0 aliphatic carbocycles. The van der Waals surface area contributed by atoms with E-state index in [2.05, 4.69) is 51.7 Å². The van der Waals surface area contributed by atoms with E-state index in [1.165, 1.54) is 11.3 Å². The summed E-state index contributed by atoms with van der Waals surface area (Å²) in [5, 5.41) is 0. The van der Waals surface area contributed by atoms with Crippen molar-refractivity contribution in [1.82, 2.24) is 4.98 Å². The third-order valence-electron chi connectivity index (χ3n) is 2.12. The Hall–Kier alpha value is -0.850. The number of rotatable bonds is 1. The van der Waals surface area contributed by atoms with Crippen LogP contribution in [0.1, 0.15) is 37.7 Å². The van der Waals surface area contributed by atoms with Gasteiger partial charge in [0.25, 0.3) is 0 Å². The Balaban J connectivity index is 2.86. The van der Waals surface area contributed by atoms with Crippen LogP contribution in [0.4, 0.5) is 0 Å². The lowest BCUT2D eigenvalue weighted by molar-refractivity contribution is 0.406. The second-order valence-corrected chi connectivity index (χ2v) is 4.94. The van der Waals surface area contributed by atoms with Crippen molar-refractivity contribution in [3.8, 4) is 0 Å². The fourth-order valence-electron chi connectivity index (χ4n) is 1.32. The molecule has 1 rings (SSSR count). The summed E-state index contributed by atoms with van der Waals surface area (Å²) in [4.78, 5) is 4.56. The molecule has 13 heavy (non-hydrogen) atoms. The van der Waals surface area contributed by atoms with E-state index in [0.717, 1.165) is 12.1 Å². The fraction of sp³-hybridized carbons (Fsp3) is 0.583. The molecule has 0 spiro atoms. The molecule has 0 bridgehead atoms. The van der Waals surface area contributed by atoms with Gasteiger partial charge in [-0.15, -0.1) is 0 Å². The minimum absolute atomic E-state index is 0.328. The Morgan fingerprint density at radius 2 is 1.77 bits per heavy atom. The van der Waals surface area contributed by atoms with Gasteiger partial charge >= 0.3 is 0 Å². The van der Waals surface area contributed by atoms with Crippen molar-refractivity contribution < 1.29 is 0 Å². The lowest BCUT2D eigenvalue weighted by Gasteiger charge is -2.17. The Kier molecular flexibility index (Phi) is 2.74. The van der Waals surface area contributed by atoms with Crippen LogP contribution in [0.3, 0.4) is 0 Å². The zero-order valence-electron chi connectivity index (χ0n) is 9.31. The summed E-state index contributed by atoms with van der Waals surface area (Å²) in [6.45, 7) is 10.9. The molecule has 1 aromatic heterocycles. The predicted molar refractivity (Wildman–Crippen MR) is 56.9 cm³/mol. The van der Waals surface area contributed by atoms with Crippen LogP contribution in [-0.4, -0.2) is 4.98 Å². The summed E-state index contributed by atoms with van der Waals surface area (Å²) in [6, 6.07) is 4.29. The third kappa shape index (κ3) is 3.17. The molecule has 72 valence electrons. The van der Waals surface area contributed by atoms with Gasteiger partial charge in [-0.3, -0.25) is 4.98 Å². The molecular formula is C12H19N. The number of hydrogen-bond donors (Lipinski definition) is 0. The monoisotopic (exact) mass is 177 g/mol. The highest BCUT2D eigenvalue weighted by Gasteiger charge is 2.12. The van der Waals surface area contributed by atoms with E-state index < -0.39 is 0 Å². The Bertz CT molecular complexity index is 294. The maximum atomic E-state index is 4.56. The van der Waals surface area contributed by atoms with E-state index >= 15 is 0 Å². The van der Waals surface area contributed by atoms with Crippen molar-refractivity contribution in [2.24, 2.45) is 5.41 Å². The number of aromatic nitrogens is 1. The minimum Gasteiger partial charge on any atom is -0.258 e. The van der Waals surface area contributed by atoms with Gasteiger partial charge in [-0.25, -0.2) is 0 Å². The van der Waals surface area contributed by atoms with Crippen LogP contribution in [0.5, 0.6) is 0 Å². The van der Waals surface area contributed by atoms with Gasteiger partial charge in [0.15, 0.2) is 0 Å². The molecule has 0 aliphatic rings. The van der Waals surface area contributed by atoms with Gasteiger partial charge in [0, 0.05) is 11.4 Å². The topological polar surface area (TPSA) is 12.9 Å². The van der Waals surface area contributed by atoms with Gasteiger partial charge in [0.2, 0.25) is 0 Å². The predicted octanol–water partition coefficient (Wildman–Crippen LogP) is 3.29. The summed E-state index contributed by atoms with van der Waals surface area (Å²) in [5.74, 6) is 0. The Morgan fingerprint density at radius 3 is 2.23 bits per heavy atom. The standard InChI is InChI=1S/C12H19N/c1-9-6-7-11(13-10(9)2)8-12(3,4)5/h6-7H,8H2,1-5H3. The first-order valence-electron chi connectivity index (χ1n) is 4.82. The second kappa shape index (κ2) is 3.49. The molecule has 0 unspecified atom stereocenters. The maximum absolute atomic E-state index is 4.56. The summed E-state index contributed by atoms with van der Waals surface area (Å²) in [7, 11) is 0. The normalized spacial score (nSPS) is 11.8. The van der Waals surface area contributed by atoms with Crippen molar-refractivity contribution in [1.29, 1.82) is 0 Å². The summed E-state index contributed by atoms with van der Waals surface area (Å²) in [6.07, 6.45) is 1.05. The lowest BCUT2D eigenvalue weighted by atomic mass is 9.90.